The molecular weight excluding hydrogens is 130 g/mol. The van der Waals surface area contributed by atoms with Gasteiger partial charge in [0.2, 0.25) is 0 Å². The van der Waals surface area contributed by atoms with Crippen molar-refractivity contribution in [2.24, 2.45) is 0 Å². The summed E-state index contributed by atoms with van der Waals surface area (Å²) in [7, 11) is 0. The van der Waals surface area contributed by atoms with Crippen LogP contribution in [0.15, 0.2) is 18.2 Å². The monoisotopic (exact) mass is 139 g/mol. The van der Waals surface area contributed by atoms with E-state index in [1.807, 2.05) is 5.48 Å². The highest BCUT2D eigenvalue weighted by Crippen LogP contribution is 2.18. The van der Waals surface area contributed by atoms with Crippen LogP contribution >= 0.6 is 0 Å². The summed E-state index contributed by atoms with van der Waals surface area (Å²) < 4.78 is 0. The van der Waals surface area contributed by atoms with Crippen LogP contribution in [-0.2, 0) is 0 Å². The second-order valence-electron chi connectivity index (χ2n) is 2.11. The first-order valence-corrected chi connectivity index (χ1v) is 2.94. The molecule has 0 fully saturated rings. The third-order valence-corrected chi connectivity index (χ3v) is 1.33. The number of aromatic hydroxyl groups is 1. The largest absolute Gasteiger partial charge is 0.508 e. The zero-order valence-corrected chi connectivity index (χ0v) is 5.63. The maximum atomic E-state index is 8.92. The van der Waals surface area contributed by atoms with Crippen LogP contribution in [0.5, 0.6) is 5.75 Å². The highest BCUT2D eigenvalue weighted by Gasteiger charge is 1.95. The minimum Gasteiger partial charge on any atom is -0.508 e. The molecule has 0 radical (unpaired) electrons. The van der Waals surface area contributed by atoms with E-state index in [9.17, 15) is 0 Å². The molecule has 0 unspecified atom stereocenters. The predicted molar refractivity (Wildman–Crippen MR) is 38.3 cm³/mol. The van der Waals surface area contributed by atoms with Gasteiger partial charge < -0.3 is 5.11 Å². The van der Waals surface area contributed by atoms with E-state index in [1.165, 1.54) is 6.07 Å². The van der Waals surface area contributed by atoms with Gasteiger partial charge in [-0.25, -0.2) is 0 Å². The third-order valence-electron chi connectivity index (χ3n) is 1.33. The molecule has 0 heterocycles. The van der Waals surface area contributed by atoms with E-state index in [4.69, 9.17) is 10.3 Å². The maximum absolute atomic E-state index is 8.92. The van der Waals surface area contributed by atoms with Crippen LogP contribution in [-0.4, -0.2) is 10.3 Å². The number of nitrogens with one attached hydrogen (secondary N) is 1. The zero-order valence-electron chi connectivity index (χ0n) is 5.63. The molecule has 0 saturated heterocycles. The van der Waals surface area contributed by atoms with Gasteiger partial charge in [0.15, 0.2) is 0 Å². The fourth-order valence-corrected chi connectivity index (χ4v) is 0.773. The molecule has 0 saturated carbocycles. The van der Waals surface area contributed by atoms with Crippen LogP contribution in [0.3, 0.4) is 0 Å². The summed E-state index contributed by atoms with van der Waals surface area (Å²) in [6.45, 7) is 1.79. The summed E-state index contributed by atoms with van der Waals surface area (Å²) >= 11 is 0. The van der Waals surface area contributed by atoms with Gasteiger partial charge in [-0.2, -0.15) is 0 Å². The van der Waals surface area contributed by atoms with E-state index in [0.29, 0.717) is 5.69 Å². The van der Waals surface area contributed by atoms with Crippen molar-refractivity contribution >= 4 is 5.69 Å². The predicted octanol–water partition coefficient (Wildman–Crippen LogP) is 1.50. The van der Waals surface area contributed by atoms with Crippen molar-refractivity contribution in [3.63, 3.8) is 0 Å². The van der Waals surface area contributed by atoms with E-state index >= 15 is 0 Å². The Balaban J connectivity index is 3.07. The number of benzene rings is 1. The molecule has 3 nitrogen and oxygen atoms in total. The molecule has 1 aromatic rings. The van der Waals surface area contributed by atoms with Crippen LogP contribution in [0.1, 0.15) is 5.56 Å². The average Bonchev–Trinajstić information content (AvgIpc) is 1.88. The van der Waals surface area contributed by atoms with Gasteiger partial charge >= 0.3 is 0 Å². The molecule has 1 rings (SSSR count). The van der Waals surface area contributed by atoms with Crippen LogP contribution in [0.25, 0.3) is 0 Å². The van der Waals surface area contributed by atoms with E-state index in [2.05, 4.69) is 0 Å². The van der Waals surface area contributed by atoms with E-state index in [0.717, 1.165) is 5.56 Å². The smallest absolute Gasteiger partial charge is 0.115 e. The number of anilines is 1. The van der Waals surface area contributed by atoms with Crippen molar-refractivity contribution < 1.29 is 10.3 Å². The van der Waals surface area contributed by atoms with Crippen LogP contribution in [0.2, 0.25) is 0 Å². The molecule has 54 valence electrons. The lowest BCUT2D eigenvalue weighted by molar-refractivity contribution is 0.388. The fourth-order valence-electron chi connectivity index (χ4n) is 0.773. The lowest BCUT2D eigenvalue weighted by Crippen LogP contribution is -1.90. The van der Waals surface area contributed by atoms with Gasteiger partial charge in [-0.15, -0.1) is 0 Å². The molecule has 0 spiro atoms. The second-order valence-corrected chi connectivity index (χ2v) is 2.11. The molecule has 10 heavy (non-hydrogen) atoms. The Morgan fingerprint density at radius 2 is 2.10 bits per heavy atom. The van der Waals surface area contributed by atoms with Crippen molar-refractivity contribution in [3.8, 4) is 5.75 Å². The Morgan fingerprint density at radius 1 is 1.40 bits per heavy atom. The highest BCUT2D eigenvalue weighted by molar-refractivity contribution is 5.51. The van der Waals surface area contributed by atoms with Crippen molar-refractivity contribution in [1.29, 1.82) is 0 Å². The standard InChI is InChI=1S/C7H9NO2/c1-5-4-6(9)2-3-7(5)8-10/h2-4,8-10H,1H3. The summed E-state index contributed by atoms with van der Waals surface area (Å²) in [5.41, 5.74) is 3.43. The minimum absolute atomic E-state index is 0.205. The Labute approximate surface area is 58.9 Å². The molecule has 3 heteroatoms. The zero-order chi connectivity index (χ0) is 7.56. The fraction of sp³-hybridized carbons (Fsp3) is 0.143. The van der Waals surface area contributed by atoms with Crippen LogP contribution in [0, 0.1) is 6.92 Å². The number of phenolic OH excluding ortho intramolecular Hbond substituents is 1. The SMILES string of the molecule is Cc1cc(O)ccc1NO. The molecule has 0 atom stereocenters. The first-order chi connectivity index (χ1) is 4.74. The second kappa shape index (κ2) is 2.58. The van der Waals surface area contributed by atoms with E-state index in [1.54, 1.807) is 19.1 Å². The van der Waals surface area contributed by atoms with Crippen molar-refractivity contribution in [2.45, 2.75) is 6.92 Å². The first kappa shape index (κ1) is 6.89. The van der Waals surface area contributed by atoms with Crippen LogP contribution in [0.4, 0.5) is 5.69 Å². The lowest BCUT2D eigenvalue weighted by Gasteiger charge is -2.02. The quantitative estimate of drug-likeness (QED) is 0.408. The molecule has 0 aliphatic heterocycles. The number of rotatable bonds is 1. The van der Waals surface area contributed by atoms with Crippen molar-refractivity contribution in [1.82, 2.24) is 0 Å². The Kier molecular flexibility index (Phi) is 1.78. The van der Waals surface area contributed by atoms with Gasteiger partial charge in [-0.1, -0.05) is 0 Å². The molecule has 0 amide bonds. The van der Waals surface area contributed by atoms with E-state index < -0.39 is 0 Å². The van der Waals surface area contributed by atoms with Gasteiger partial charge in [0.25, 0.3) is 0 Å². The molecule has 0 aliphatic rings. The summed E-state index contributed by atoms with van der Waals surface area (Å²) in [5.74, 6) is 0.205. The summed E-state index contributed by atoms with van der Waals surface area (Å²) in [6.07, 6.45) is 0. The normalized spacial score (nSPS) is 9.40. The number of hydrogen-bond acceptors (Lipinski definition) is 3. The summed E-state index contributed by atoms with van der Waals surface area (Å²) in [4.78, 5) is 0. The summed E-state index contributed by atoms with van der Waals surface area (Å²) in [6, 6.07) is 4.68. The lowest BCUT2D eigenvalue weighted by atomic mass is 10.2. The first-order valence-electron chi connectivity index (χ1n) is 2.94. The Morgan fingerprint density at radius 3 is 2.60 bits per heavy atom. The topological polar surface area (TPSA) is 52.5 Å². The highest BCUT2D eigenvalue weighted by atomic mass is 16.5. The summed E-state index contributed by atoms with van der Waals surface area (Å²) in [5, 5.41) is 17.4. The average molecular weight is 139 g/mol. The Hall–Kier alpha value is -1.22. The van der Waals surface area contributed by atoms with Gasteiger partial charge in [-0.3, -0.25) is 10.7 Å². The molecule has 1 aromatic carbocycles. The maximum Gasteiger partial charge on any atom is 0.115 e. The van der Waals surface area contributed by atoms with Gasteiger partial charge in [0, 0.05) is 0 Å². The van der Waals surface area contributed by atoms with Crippen molar-refractivity contribution in [2.75, 3.05) is 5.48 Å². The van der Waals surface area contributed by atoms with Gasteiger partial charge in [0.05, 0.1) is 5.69 Å². The molecular formula is C7H9NO2. The molecule has 0 aliphatic carbocycles. The third kappa shape index (κ3) is 1.19. The minimum atomic E-state index is 0.205. The van der Waals surface area contributed by atoms with Crippen molar-refractivity contribution in [3.05, 3.63) is 23.8 Å². The number of phenols is 1. The number of aryl methyl sites for hydroxylation is 1. The van der Waals surface area contributed by atoms with Gasteiger partial charge in [-0.05, 0) is 30.7 Å². The number of hydrogen-bond donors (Lipinski definition) is 3. The molecule has 0 bridgehead atoms. The van der Waals surface area contributed by atoms with E-state index in [-0.39, 0.29) is 5.75 Å². The molecule has 3 N–H and O–H groups in total. The Bertz CT molecular complexity index is 235. The molecule has 0 aromatic heterocycles. The van der Waals surface area contributed by atoms with Gasteiger partial charge in [0.1, 0.15) is 5.75 Å². The van der Waals surface area contributed by atoms with Crippen LogP contribution < -0.4 is 5.48 Å².